The number of likely N-dealkylation sites (N-methyl/N-ethyl adjacent to an activating group) is 1. The summed E-state index contributed by atoms with van der Waals surface area (Å²) in [7, 11) is 0. The molecule has 0 saturated carbocycles. The van der Waals surface area contributed by atoms with Gasteiger partial charge in [-0.25, -0.2) is 4.39 Å². The maximum atomic E-state index is 13.1. The first kappa shape index (κ1) is 17.9. The molecule has 2 aromatic carbocycles. The molecule has 0 spiro atoms. The van der Waals surface area contributed by atoms with Crippen LogP contribution in [0.3, 0.4) is 0 Å². The molecule has 2 heterocycles. The number of anilines is 1. The van der Waals surface area contributed by atoms with E-state index < -0.39 is 0 Å². The van der Waals surface area contributed by atoms with E-state index in [4.69, 9.17) is 12.2 Å². The Morgan fingerprint density at radius 1 is 1.00 bits per heavy atom. The van der Waals surface area contributed by atoms with Gasteiger partial charge in [-0.15, -0.1) is 0 Å². The predicted octanol–water partition coefficient (Wildman–Crippen LogP) is 3.96. The number of carbonyl (C=O) groups is 2. The lowest BCUT2D eigenvalue weighted by atomic mass is 10.1. The molecule has 0 radical (unpaired) electrons. The van der Waals surface area contributed by atoms with Gasteiger partial charge in [0.05, 0.1) is 22.7 Å². The predicted molar refractivity (Wildman–Crippen MR) is 109 cm³/mol. The third kappa shape index (κ3) is 2.96. The summed E-state index contributed by atoms with van der Waals surface area (Å²) in [5.41, 5.74) is 2.74. The van der Waals surface area contributed by atoms with Crippen LogP contribution in [0.15, 0.2) is 53.4 Å². The fourth-order valence-electron chi connectivity index (χ4n) is 3.27. The van der Waals surface area contributed by atoms with E-state index in [1.807, 2.05) is 31.2 Å². The Labute approximate surface area is 165 Å². The van der Waals surface area contributed by atoms with E-state index >= 15 is 0 Å². The van der Waals surface area contributed by atoms with Crippen LogP contribution >= 0.6 is 24.0 Å². The Morgan fingerprint density at radius 2 is 1.70 bits per heavy atom. The highest BCUT2D eigenvalue weighted by Crippen LogP contribution is 2.44. The first-order valence-electron chi connectivity index (χ1n) is 8.45. The van der Waals surface area contributed by atoms with Crippen LogP contribution in [0.5, 0.6) is 0 Å². The van der Waals surface area contributed by atoms with Crippen molar-refractivity contribution in [1.82, 2.24) is 4.90 Å². The molecule has 0 aromatic heterocycles. The van der Waals surface area contributed by atoms with E-state index in [-0.39, 0.29) is 24.2 Å². The van der Waals surface area contributed by atoms with Gasteiger partial charge in [0.1, 0.15) is 10.1 Å². The molecule has 7 heteroatoms. The van der Waals surface area contributed by atoms with Crippen molar-refractivity contribution >= 4 is 51.4 Å². The van der Waals surface area contributed by atoms with Gasteiger partial charge < -0.3 is 4.90 Å². The molecular weight excluding hydrogens is 383 g/mol. The van der Waals surface area contributed by atoms with Crippen molar-refractivity contribution in [3.05, 3.63) is 70.4 Å². The van der Waals surface area contributed by atoms with Gasteiger partial charge >= 0.3 is 0 Å². The van der Waals surface area contributed by atoms with Crippen LogP contribution < -0.4 is 4.90 Å². The van der Waals surface area contributed by atoms with Gasteiger partial charge in [0.25, 0.3) is 11.8 Å². The number of hydrogen-bond acceptors (Lipinski definition) is 4. The molecule has 2 amide bonds. The van der Waals surface area contributed by atoms with E-state index in [9.17, 15) is 14.0 Å². The maximum absolute atomic E-state index is 13.1. The number of halogens is 1. The first-order valence-corrected chi connectivity index (χ1v) is 9.67. The minimum Gasteiger partial charge on any atom is -0.308 e. The van der Waals surface area contributed by atoms with Crippen molar-refractivity contribution in [2.75, 3.05) is 11.4 Å². The number of thiocarbonyl (C=S) groups is 1. The molecule has 0 aliphatic carbocycles. The number of para-hydroxylation sites is 1. The van der Waals surface area contributed by atoms with E-state index in [2.05, 4.69) is 0 Å². The Hall–Kier alpha value is -2.51. The average Bonchev–Trinajstić information content (AvgIpc) is 3.10. The molecule has 27 heavy (non-hydrogen) atoms. The molecule has 2 aromatic rings. The van der Waals surface area contributed by atoms with Crippen LogP contribution in [-0.2, 0) is 16.1 Å². The van der Waals surface area contributed by atoms with Crippen LogP contribution in [0.4, 0.5) is 10.1 Å². The molecular formula is C20H15FN2O2S2. The zero-order chi connectivity index (χ0) is 19.1. The standard InChI is InChI=1S/C20H15FN2O2S2/c1-2-22-15-6-4-3-5-14(15)16(18(22)24)17-19(25)23(20(26)27-17)11-12-7-9-13(21)10-8-12/h3-10H,2,11H2,1H3. The third-order valence-corrected chi connectivity index (χ3v) is 6.02. The van der Waals surface area contributed by atoms with Crippen LogP contribution in [0, 0.1) is 5.82 Å². The smallest absolute Gasteiger partial charge is 0.267 e. The highest BCUT2D eigenvalue weighted by atomic mass is 32.2. The Morgan fingerprint density at radius 3 is 2.41 bits per heavy atom. The van der Waals surface area contributed by atoms with Gasteiger partial charge in [-0.2, -0.15) is 0 Å². The topological polar surface area (TPSA) is 40.6 Å². The number of carbonyl (C=O) groups excluding carboxylic acids is 2. The van der Waals surface area contributed by atoms with Crippen molar-refractivity contribution in [2.45, 2.75) is 13.5 Å². The molecule has 4 nitrogen and oxygen atoms in total. The SMILES string of the molecule is CCN1C(=O)C(=C2SC(=S)N(Cc3ccc(F)cc3)C2=O)c2ccccc21. The number of benzene rings is 2. The van der Waals surface area contributed by atoms with Gasteiger partial charge in [-0.3, -0.25) is 14.5 Å². The number of amides is 2. The minimum absolute atomic E-state index is 0.180. The number of nitrogens with zero attached hydrogens (tertiary/aromatic N) is 2. The second-order valence-corrected chi connectivity index (χ2v) is 7.80. The van der Waals surface area contributed by atoms with E-state index in [1.165, 1.54) is 17.0 Å². The van der Waals surface area contributed by atoms with Crippen molar-refractivity contribution in [3.8, 4) is 0 Å². The normalized spacial score (nSPS) is 19.3. The number of rotatable bonds is 3. The third-order valence-electron chi connectivity index (χ3n) is 4.57. The lowest BCUT2D eigenvalue weighted by Gasteiger charge is -2.14. The lowest BCUT2D eigenvalue weighted by molar-refractivity contribution is -0.122. The average molecular weight is 398 g/mol. The molecule has 4 rings (SSSR count). The molecule has 0 bridgehead atoms. The summed E-state index contributed by atoms with van der Waals surface area (Å²) < 4.78 is 13.5. The summed E-state index contributed by atoms with van der Waals surface area (Å²) >= 11 is 6.53. The fraction of sp³-hybridized carbons (Fsp3) is 0.150. The monoisotopic (exact) mass is 398 g/mol. The minimum atomic E-state index is -0.334. The molecule has 2 aliphatic rings. The molecule has 0 atom stereocenters. The van der Waals surface area contributed by atoms with Gasteiger partial charge in [0.15, 0.2) is 0 Å². The highest BCUT2D eigenvalue weighted by molar-refractivity contribution is 8.26. The Kier molecular flexibility index (Phi) is 4.57. The van der Waals surface area contributed by atoms with Gasteiger partial charge in [0, 0.05) is 12.1 Å². The second-order valence-electron chi connectivity index (χ2n) is 6.16. The van der Waals surface area contributed by atoms with Crippen molar-refractivity contribution in [3.63, 3.8) is 0 Å². The van der Waals surface area contributed by atoms with E-state index in [1.54, 1.807) is 17.0 Å². The molecule has 1 fully saturated rings. The molecule has 136 valence electrons. The summed E-state index contributed by atoms with van der Waals surface area (Å²) in [6.07, 6.45) is 0. The molecule has 2 aliphatic heterocycles. The quantitative estimate of drug-likeness (QED) is 0.580. The molecule has 0 unspecified atom stereocenters. The molecule has 0 N–H and O–H groups in total. The van der Waals surface area contributed by atoms with Crippen LogP contribution in [0.2, 0.25) is 0 Å². The highest BCUT2D eigenvalue weighted by Gasteiger charge is 2.41. The number of thioether (sulfide) groups is 1. The summed E-state index contributed by atoms with van der Waals surface area (Å²) in [6.45, 7) is 2.67. The van der Waals surface area contributed by atoms with Crippen molar-refractivity contribution < 1.29 is 14.0 Å². The fourth-order valence-corrected chi connectivity index (χ4v) is 4.60. The summed E-state index contributed by atoms with van der Waals surface area (Å²) in [6, 6.07) is 13.4. The number of hydrogen-bond donors (Lipinski definition) is 0. The lowest BCUT2D eigenvalue weighted by Crippen LogP contribution is -2.29. The Balaban J connectivity index is 1.73. The van der Waals surface area contributed by atoms with E-state index in [0.717, 1.165) is 28.6 Å². The van der Waals surface area contributed by atoms with Gasteiger partial charge in [0.2, 0.25) is 0 Å². The summed E-state index contributed by atoms with van der Waals surface area (Å²) in [5, 5.41) is 0. The number of fused-ring (bicyclic) bond motifs is 1. The van der Waals surface area contributed by atoms with Crippen LogP contribution in [-0.4, -0.2) is 27.6 Å². The van der Waals surface area contributed by atoms with Gasteiger partial charge in [-0.05, 0) is 30.7 Å². The second kappa shape index (κ2) is 6.90. The van der Waals surface area contributed by atoms with Crippen molar-refractivity contribution in [2.24, 2.45) is 0 Å². The van der Waals surface area contributed by atoms with Crippen LogP contribution in [0.1, 0.15) is 18.1 Å². The molecule has 1 saturated heterocycles. The van der Waals surface area contributed by atoms with E-state index in [0.29, 0.717) is 21.3 Å². The first-order chi connectivity index (χ1) is 13.0. The summed E-state index contributed by atoms with van der Waals surface area (Å²) in [4.78, 5) is 29.5. The largest absolute Gasteiger partial charge is 0.308 e. The van der Waals surface area contributed by atoms with Crippen LogP contribution in [0.25, 0.3) is 5.57 Å². The van der Waals surface area contributed by atoms with Crippen molar-refractivity contribution in [1.29, 1.82) is 0 Å². The summed E-state index contributed by atoms with van der Waals surface area (Å²) in [5.74, 6) is -0.800. The zero-order valence-corrected chi connectivity index (χ0v) is 16.1. The maximum Gasteiger partial charge on any atom is 0.267 e. The zero-order valence-electron chi connectivity index (χ0n) is 14.4. The van der Waals surface area contributed by atoms with Gasteiger partial charge in [-0.1, -0.05) is 54.3 Å². The Bertz CT molecular complexity index is 1000.